The second-order valence-corrected chi connectivity index (χ2v) is 8.33. The van der Waals surface area contributed by atoms with Crippen LogP contribution in [0.2, 0.25) is 5.02 Å². The molecule has 0 saturated heterocycles. The second kappa shape index (κ2) is 9.64. The molecular weight excluding hydrogens is 466 g/mol. The number of hydrogen-bond acceptors (Lipinski definition) is 8. The first kappa shape index (κ1) is 22.8. The highest BCUT2D eigenvalue weighted by Gasteiger charge is 2.17. The van der Waals surface area contributed by atoms with Gasteiger partial charge in [-0.25, -0.2) is 14.6 Å². The number of methoxy groups -OCH3 is 2. The number of benzene rings is 2. The Kier molecular flexibility index (Phi) is 6.67. The Balaban J connectivity index is 1.55. The Morgan fingerprint density at radius 3 is 2.61 bits per heavy atom. The molecule has 0 atom stereocenters. The molecule has 0 aliphatic rings. The zero-order valence-corrected chi connectivity index (χ0v) is 19.7. The number of nitrogens with zero attached hydrogens (tertiary/aromatic N) is 1. The van der Waals surface area contributed by atoms with Crippen molar-refractivity contribution in [2.75, 3.05) is 14.2 Å². The average Bonchev–Trinajstić information content (AvgIpc) is 3.32. The van der Waals surface area contributed by atoms with E-state index >= 15 is 0 Å². The van der Waals surface area contributed by atoms with Crippen molar-refractivity contribution in [3.05, 3.63) is 74.0 Å². The lowest BCUT2D eigenvalue weighted by atomic mass is 10.1. The van der Waals surface area contributed by atoms with Crippen molar-refractivity contribution in [2.24, 2.45) is 0 Å². The Hall–Kier alpha value is -3.36. The van der Waals surface area contributed by atoms with Crippen molar-refractivity contribution in [1.82, 2.24) is 4.98 Å². The number of carbonyl (C=O) groups is 1. The molecule has 4 rings (SSSR count). The minimum atomic E-state index is -0.601. The van der Waals surface area contributed by atoms with Gasteiger partial charge < -0.3 is 18.6 Å². The van der Waals surface area contributed by atoms with Gasteiger partial charge in [-0.1, -0.05) is 18.5 Å². The predicted octanol–water partition coefficient (Wildman–Crippen LogP) is 5.51. The lowest BCUT2D eigenvalue weighted by Crippen LogP contribution is -2.08. The third-order valence-corrected chi connectivity index (χ3v) is 6.32. The summed E-state index contributed by atoms with van der Waals surface area (Å²) in [6, 6.07) is 10.2. The molecule has 0 bridgehead atoms. The molecule has 0 aliphatic heterocycles. The SMILES string of the molecule is CCc1cc2oc(=O)cc(COC(=O)c3csc(-c4ccc(OC)c(OC)c4)n3)c2cc1Cl. The molecule has 0 saturated carbocycles. The maximum Gasteiger partial charge on any atom is 0.358 e. The van der Waals surface area contributed by atoms with Crippen molar-refractivity contribution in [2.45, 2.75) is 20.0 Å². The molecule has 2 aromatic heterocycles. The van der Waals surface area contributed by atoms with Crippen LogP contribution in [0.5, 0.6) is 11.5 Å². The van der Waals surface area contributed by atoms with E-state index < -0.39 is 11.6 Å². The van der Waals surface area contributed by atoms with E-state index in [4.69, 9.17) is 30.2 Å². The van der Waals surface area contributed by atoms with Gasteiger partial charge in [0, 0.05) is 33.0 Å². The van der Waals surface area contributed by atoms with Crippen LogP contribution in [0.15, 0.2) is 51.0 Å². The van der Waals surface area contributed by atoms with E-state index in [-0.39, 0.29) is 12.3 Å². The third kappa shape index (κ3) is 4.72. The molecule has 0 fully saturated rings. The number of aryl methyl sites for hydroxylation is 1. The summed E-state index contributed by atoms with van der Waals surface area (Å²) >= 11 is 7.63. The number of thiazole rings is 1. The number of carbonyl (C=O) groups excluding carboxylic acids is 1. The number of fused-ring (bicyclic) bond motifs is 1. The third-order valence-electron chi connectivity index (χ3n) is 5.08. The molecule has 0 spiro atoms. The first-order chi connectivity index (χ1) is 15.9. The van der Waals surface area contributed by atoms with Gasteiger partial charge in [0.05, 0.1) is 14.2 Å². The van der Waals surface area contributed by atoms with Gasteiger partial charge in [0.1, 0.15) is 17.2 Å². The highest BCUT2D eigenvalue weighted by Crippen LogP contribution is 2.33. The van der Waals surface area contributed by atoms with Crippen molar-refractivity contribution < 1.29 is 23.4 Å². The zero-order chi connectivity index (χ0) is 23.5. The Morgan fingerprint density at radius 1 is 1.09 bits per heavy atom. The van der Waals surface area contributed by atoms with E-state index in [0.29, 0.717) is 44.5 Å². The summed E-state index contributed by atoms with van der Waals surface area (Å²) in [5, 5.41) is 3.43. The van der Waals surface area contributed by atoms with Gasteiger partial charge in [-0.05, 0) is 42.3 Å². The van der Waals surface area contributed by atoms with Crippen LogP contribution in [-0.2, 0) is 17.8 Å². The Bertz CT molecular complexity index is 1390. The van der Waals surface area contributed by atoms with Gasteiger partial charge in [-0.2, -0.15) is 0 Å². The molecule has 33 heavy (non-hydrogen) atoms. The van der Waals surface area contributed by atoms with Gasteiger partial charge in [0.2, 0.25) is 0 Å². The molecule has 0 radical (unpaired) electrons. The Morgan fingerprint density at radius 2 is 1.88 bits per heavy atom. The van der Waals surface area contributed by atoms with Crippen LogP contribution >= 0.6 is 22.9 Å². The molecule has 4 aromatic rings. The van der Waals surface area contributed by atoms with Gasteiger partial charge >= 0.3 is 11.6 Å². The number of halogens is 1. The van der Waals surface area contributed by atoms with Crippen LogP contribution in [0.25, 0.3) is 21.5 Å². The van der Waals surface area contributed by atoms with Gasteiger partial charge in [0.25, 0.3) is 0 Å². The molecule has 0 N–H and O–H groups in total. The van der Waals surface area contributed by atoms with E-state index in [1.807, 2.05) is 13.0 Å². The zero-order valence-electron chi connectivity index (χ0n) is 18.1. The second-order valence-electron chi connectivity index (χ2n) is 7.07. The molecule has 0 aliphatic carbocycles. The predicted molar refractivity (Wildman–Crippen MR) is 127 cm³/mol. The van der Waals surface area contributed by atoms with Crippen LogP contribution in [0.4, 0.5) is 0 Å². The van der Waals surface area contributed by atoms with E-state index in [2.05, 4.69) is 4.98 Å². The normalized spacial score (nSPS) is 10.9. The average molecular weight is 486 g/mol. The highest BCUT2D eigenvalue weighted by molar-refractivity contribution is 7.13. The van der Waals surface area contributed by atoms with E-state index in [1.54, 1.807) is 43.9 Å². The number of hydrogen-bond donors (Lipinski definition) is 0. The molecule has 0 amide bonds. The monoisotopic (exact) mass is 485 g/mol. The van der Waals surface area contributed by atoms with E-state index in [1.165, 1.54) is 17.4 Å². The molecule has 0 unspecified atom stereocenters. The quantitative estimate of drug-likeness (QED) is 0.252. The molecule has 7 nitrogen and oxygen atoms in total. The standard InChI is InChI=1S/C24H20ClNO6S/c1-4-13-7-20-16(10-17(13)25)15(9-22(27)32-20)11-31-24(28)18-12-33-23(26-18)14-5-6-19(29-2)21(8-14)30-3/h5-10,12H,4,11H2,1-3H3. The summed E-state index contributed by atoms with van der Waals surface area (Å²) in [6.45, 7) is 1.84. The van der Waals surface area contributed by atoms with E-state index in [9.17, 15) is 9.59 Å². The van der Waals surface area contributed by atoms with Crippen LogP contribution in [0.1, 0.15) is 28.5 Å². The summed E-state index contributed by atoms with van der Waals surface area (Å²) < 4.78 is 21.3. The lowest BCUT2D eigenvalue weighted by molar-refractivity contribution is 0.0468. The van der Waals surface area contributed by atoms with Crippen molar-refractivity contribution in [1.29, 1.82) is 0 Å². The largest absolute Gasteiger partial charge is 0.493 e. The van der Waals surface area contributed by atoms with Crippen LogP contribution in [-0.4, -0.2) is 25.2 Å². The van der Waals surface area contributed by atoms with Crippen LogP contribution < -0.4 is 15.1 Å². The van der Waals surface area contributed by atoms with Crippen molar-refractivity contribution in [3.63, 3.8) is 0 Å². The molecule has 170 valence electrons. The summed E-state index contributed by atoms with van der Waals surface area (Å²) in [4.78, 5) is 29.0. The topological polar surface area (TPSA) is 87.9 Å². The number of esters is 1. The maximum atomic E-state index is 12.6. The first-order valence-electron chi connectivity index (χ1n) is 10.0. The number of rotatable bonds is 7. The van der Waals surface area contributed by atoms with Crippen molar-refractivity contribution >= 4 is 39.9 Å². The van der Waals surface area contributed by atoms with Crippen molar-refractivity contribution in [3.8, 4) is 22.1 Å². The summed E-state index contributed by atoms with van der Waals surface area (Å²) in [5.74, 6) is 0.563. The minimum Gasteiger partial charge on any atom is -0.493 e. The highest BCUT2D eigenvalue weighted by atomic mass is 35.5. The first-order valence-corrected chi connectivity index (χ1v) is 11.3. The fourth-order valence-electron chi connectivity index (χ4n) is 3.37. The van der Waals surface area contributed by atoms with Gasteiger partial charge in [-0.3, -0.25) is 0 Å². The molecule has 2 heterocycles. The fourth-order valence-corrected chi connectivity index (χ4v) is 4.45. The van der Waals surface area contributed by atoms with Gasteiger partial charge in [0.15, 0.2) is 17.2 Å². The molecule has 9 heteroatoms. The van der Waals surface area contributed by atoms with Crippen LogP contribution in [0, 0.1) is 0 Å². The lowest BCUT2D eigenvalue weighted by Gasteiger charge is -2.09. The molecule has 2 aromatic carbocycles. The minimum absolute atomic E-state index is 0.119. The maximum absolute atomic E-state index is 12.6. The van der Waals surface area contributed by atoms with E-state index in [0.717, 1.165) is 11.1 Å². The number of aromatic nitrogens is 1. The molecular formula is C24H20ClNO6S. The van der Waals surface area contributed by atoms with Crippen LogP contribution in [0.3, 0.4) is 0 Å². The fraction of sp³-hybridized carbons (Fsp3) is 0.208. The smallest absolute Gasteiger partial charge is 0.358 e. The summed E-state index contributed by atoms with van der Waals surface area (Å²) in [7, 11) is 3.11. The summed E-state index contributed by atoms with van der Waals surface area (Å²) in [5.41, 5.74) is 2.20. The van der Waals surface area contributed by atoms with Gasteiger partial charge in [-0.15, -0.1) is 11.3 Å². The number of ether oxygens (including phenoxy) is 3. The summed E-state index contributed by atoms with van der Waals surface area (Å²) in [6.07, 6.45) is 0.698. The Labute approximate surface area is 198 Å².